The van der Waals surface area contributed by atoms with Crippen LogP contribution < -0.4 is 41.0 Å². The Morgan fingerprint density at radius 3 is 1.67 bits per heavy atom. The molecule has 1 aliphatic carbocycles. The molecule has 0 unspecified atom stereocenters. The van der Waals surface area contributed by atoms with E-state index < -0.39 is 0 Å². The van der Waals surface area contributed by atoms with E-state index in [4.69, 9.17) is 30.4 Å². The van der Waals surface area contributed by atoms with Gasteiger partial charge in [-0.2, -0.15) is 0 Å². The summed E-state index contributed by atoms with van der Waals surface area (Å²) in [6, 6.07) is 6.36. The Balaban J connectivity index is 1.76. The minimum absolute atomic E-state index is 0.0793. The Morgan fingerprint density at radius 2 is 1.14 bits per heavy atom. The molecule has 0 heterocycles. The highest BCUT2D eigenvalue weighted by molar-refractivity contribution is 6.05. The number of hydrogen-bond donors (Lipinski definition) is 4. The number of nitrogens with zero attached hydrogens (tertiary/aromatic N) is 2. The van der Waals surface area contributed by atoms with Crippen molar-refractivity contribution in [2.45, 2.75) is 89.5 Å². The van der Waals surface area contributed by atoms with Crippen LogP contribution >= 0.6 is 0 Å². The quantitative estimate of drug-likeness (QED) is 0.0659. The third kappa shape index (κ3) is 15.8. The summed E-state index contributed by atoms with van der Waals surface area (Å²) in [5.41, 5.74) is 12.6. The van der Waals surface area contributed by atoms with E-state index >= 15 is 0 Å². The van der Waals surface area contributed by atoms with Crippen molar-refractivity contribution >= 4 is 23.4 Å². The maximum absolute atomic E-state index is 14.0. The van der Waals surface area contributed by atoms with Crippen LogP contribution in [-0.4, -0.2) is 128 Å². The van der Waals surface area contributed by atoms with Gasteiger partial charge in [-0.1, -0.05) is 0 Å². The van der Waals surface area contributed by atoms with Crippen molar-refractivity contribution in [3.63, 3.8) is 0 Å². The van der Waals surface area contributed by atoms with Crippen LogP contribution in [0.4, 0.5) is 0 Å². The molecule has 0 aromatic heterocycles. The summed E-state index contributed by atoms with van der Waals surface area (Å²) < 4.78 is 23.4. The number of ether oxygens (including phenoxy) is 4. The monoisotopic (exact) mass is 811 g/mol. The van der Waals surface area contributed by atoms with Crippen molar-refractivity contribution in [1.29, 1.82) is 0 Å². The minimum Gasteiger partial charge on any atom is -0.496 e. The maximum atomic E-state index is 14.0. The number of methoxy groups -OCH3 is 2. The fourth-order valence-electron chi connectivity index (χ4n) is 7.03. The van der Waals surface area contributed by atoms with Crippen molar-refractivity contribution < 1.29 is 38.1 Å². The highest BCUT2D eigenvalue weighted by Gasteiger charge is 2.29. The first-order valence-electron chi connectivity index (χ1n) is 21.0. The molecule has 14 nitrogen and oxygen atoms in total. The van der Waals surface area contributed by atoms with Crippen LogP contribution in [0.1, 0.15) is 125 Å². The molecule has 1 saturated carbocycles. The van der Waals surface area contributed by atoms with Crippen molar-refractivity contribution in [1.82, 2.24) is 20.4 Å². The van der Waals surface area contributed by atoms with Crippen LogP contribution in [0.5, 0.6) is 23.0 Å². The molecule has 14 heteroatoms. The lowest BCUT2D eigenvalue weighted by molar-refractivity contribution is 0.0891. The smallest absolute Gasteiger partial charge is 0.255 e. The molecule has 0 radical (unpaired) electrons. The van der Waals surface area contributed by atoms with E-state index in [2.05, 4.69) is 10.6 Å². The Hall–Kier alpha value is -4.24. The molecule has 2 aromatic rings. The van der Waals surface area contributed by atoms with Gasteiger partial charge in [0.2, 0.25) is 0 Å². The SMILES string of the molecule is COc1cc(OC)c(C(=O)CC2CCC(NC(=O)c3cc(C(=O)NCCN(C)C)c(OCCCCCN)cc3OCCCCCN)CC2)cc1C(=O)CCCN(C)C. The number of carbonyl (C=O) groups is 4. The van der Waals surface area contributed by atoms with Crippen LogP contribution in [0.25, 0.3) is 0 Å². The number of unbranched alkanes of at least 4 members (excludes halogenated alkanes) is 4. The molecule has 3 rings (SSSR count). The summed E-state index contributed by atoms with van der Waals surface area (Å²) in [7, 11) is 10.8. The van der Waals surface area contributed by atoms with Crippen LogP contribution in [0.15, 0.2) is 24.3 Å². The predicted octanol–water partition coefficient (Wildman–Crippen LogP) is 5.10. The van der Waals surface area contributed by atoms with E-state index in [9.17, 15) is 19.2 Å². The first-order valence-corrected chi connectivity index (χ1v) is 21.0. The van der Waals surface area contributed by atoms with Gasteiger partial charge in [0.1, 0.15) is 23.0 Å². The van der Waals surface area contributed by atoms with Gasteiger partial charge in [-0.3, -0.25) is 19.2 Å². The van der Waals surface area contributed by atoms with Gasteiger partial charge in [0.25, 0.3) is 11.8 Å². The number of nitrogens with one attached hydrogen (secondary N) is 2. The summed E-state index contributed by atoms with van der Waals surface area (Å²) in [6.45, 7) is 3.83. The lowest BCUT2D eigenvalue weighted by atomic mass is 9.82. The third-order valence-corrected chi connectivity index (χ3v) is 10.4. The summed E-state index contributed by atoms with van der Waals surface area (Å²) in [5, 5.41) is 6.15. The number of ketones is 2. The molecule has 2 aromatic carbocycles. The molecule has 324 valence electrons. The molecule has 2 amide bonds. The normalized spacial score (nSPS) is 15.3. The average molecular weight is 811 g/mol. The zero-order valence-corrected chi connectivity index (χ0v) is 35.9. The number of Topliss-reactive ketones (excluding diaryl/α,β-unsaturated/α-hetero) is 2. The van der Waals surface area contributed by atoms with Gasteiger partial charge >= 0.3 is 0 Å². The number of rotatable bonds is 28. The number of carbonyl (C=O) groups excluding carboxylic acids is 4. The van der Waals surface area contributed by atoms with Crippen molar-refractivity contribution in [3.05, 3.63) is 46.5 Å². The van der Waals surface area contributed by atoms with Gasteiger partial charge < -0.3 is 50.8 Å². The standard InChI is InChI=1S/C44H70N6O8/c1-49(2)22-13-14-37(51)33-27-34(40(56-6)29-39(33)55-5)38(52)26-31-15-17-32(18-16-31)48-44(54)36-28-35(43(53)47-21-23-50(3)4)41(57-24-11-7-9-19-45)30-42(36)58-25-12-8-10-20-46/h27-32H,7-26,45-46H2,1-6H3,(H,47,53)(H,48,54). The largest absolute Gasteiger partial charge is 0.496 e. The molecule has 1 aliphatic rings. The lowest BCUT2D eigenvalue weighted by Crippen LogP contribution is -2.38. The molecular formula is C44H70N6O8. The van der Waals surface area contributed by atoms with E-state index in [1.54, 1.807) is 24.3 Å². The molecule has 0 atom stereocenters. The minimum atomic E-state index is -0.334. The molecule has 0 aliphatic heterocycles. The van der Waals surface area contributed by atoms with Crippen LogP contribution in [0, 0.1) is 5.92 Å². The average Bonchev–Trinajstić information content (AvgIpc) is 3.20. The first kappa shape index (κ1) is 48.1. The zero-order chi connectivity index (χ0) is 42.5. The third-order valence-electron chi connectivity index (χ3n) is 10.4. The Labute approximate surface area is 346 Å². The Kier molecular flexibility index (Phi) is 21.6. The van der Waals surface area contributed by atoms with Gasteiger partial charge in [-0.25, -0.2) is 0 Å². The number of benzene rings is 2. The zero-order valence-electron chi connectivity index (χ0n) is 35.9. The lowest BCUT2D eigenvalue weighted by Gasteiger charge is -2.29. The van der Waals surface area contributed by atoms with Gasteiger partial charge in [-0.05, 0) is 137 Å². The van der Waals surface area contributed by atoms with Crippen molar-refractivity contribution in [2.75, 3.05) is 88.3 Å². The van der Waals surface area contributed by atoms with Gasteiger partial charge in [0.05, 0.1) is 49.7 Å². The second kappa shape index (κ2) is 26.0. The van der Waals surface area contributed by atoms with Gasteiger partial charge in [-0.15, -0.1) is 0 Å². The van der Waals surface area contributed by atoms with Crippen LogP contribution in [0.2, 0.25) is 0 Å². The van der Waals surface area contributed by atoms with Gasteiger partial charge in [0, 0.05) is 44.1 Å². The molecular weight excluding hydrogens is 741 g/mol. The maximum Gasteiger partial charge on any atom is 0.255 e. The molecule has 1 fully saturated rings. The summed E-state index contributed by atoms with van der Waals surface area (Å²) >= 11 is 0. The van der Waals surface area contributed by atoms with E-state index in [1.165, 1.54) is 14.2 Å². The second-order valence-electron chi connectivity index (χ2n) is 15.7. The molecule has 58 heavy (non-hydrogen) atoms. The van der Waals surface area contributed by atoms with E-state index in [0.29, 0.717) is 106 Å². The summed E-state index contributed by atoms with van der Waals surface area (Å²) in [6.07, 6.45) is 9.22. The van der Waals surface area contributed by atoms with Crippen molar-refractivity contribution in [3.8, 4) is 23.0 Å². The fraction of sp³-hybridized carbons (Fsp3) is 0.636. The van der Waals surface area contributed by atoms with Crippen LogP contribution in [-0.2, 0) is 0 Å². The topological polar surface area (TPSA) is 188 Å². The molecule has 6 N–H and O–H groups in total. The number of hydrogen-bond acceptors (Lipinski definition) is 12. The van der Waals surface area contributed by atoms with Crippen LogP contribution in [0.3, 0.4) is 0 Å². The number of likely N-dealkylation sites (N-methyl/N-ethyl adjacent to an activating group) is 1. The van der Waals surface area contributed by atoms with Crippen molar-refractivity contribution in [2.24, 2.45) is 17.4 Å². The van der Waals surface area contributed by atoms with Gasteiger partial charge in [0.15, 0.2) is 11.6 Å². The number of nitrogens with two attached hydrogens (primary N) is 2. The second-order valence-corrected chi connectivity index (χ2v) is 15.7. The summed E-state index contributed by atoms with van der Waals surface area (Å²) in [4.78, 5) is 58.5. The van der Waals surface area contributed by atoms with E-state index in [-0.39, 0.29) is 46.5 Å². The number of amides is 2. The first-order chi connectivity index (χ1) is 27.9. The highest BCUT2D eigenvalue weighted by Crippen LogP contribution is 2.35. The molecule has 0 saturated heterocycles. The highest BCUT2D eigenvalue weighted by atomic mass is 16.5. The summed E-state index contributed by atoms with van der Waals surface area (Å²) in [5.74, 6) is 0.734. The fourth-order valence-corrected chi connectivity index (χ4v) is 7.03. The Bertz CT molecular complexity index is 1610. The molecule has 0 bridgehead atoms. The van der Waals surface area contributed by atoms with E-state index in [0.717, 1.165) is 57.9 Å². The van der Waals surface area contributed by atoms with E-state index in [1.807, 2.05) is 38.0 Å². The predicted molar refractivity (Wildman–Crippen MR) is 228 cm³/mol. The Morgan fingerprint density at radius 1 is 0.621 bits per heavy atom. The molecule has 0 spiro atoms.